The Morgan fingerprint density at radius 3 is 2.67 bits per heavy atom. The molecule has 2 N–H and O–H groups in total. The Labute approximate surface area is 161 Å². The second-order valence-corrected chi connectivity index (χ2v) is 6.82. The monoisotopic (exact) mass is 445 g/mol. The van der Waals surface area contributed by atoms with Gasteiger partial charge in [0, 0.05) is 44.3 Å². The van der Waals surface area contributed by atoms with Crippen molar-refractivity contribution in [3.8, 4) is 0 Å². The first-order chi connectivity index (χ1) is 11.2. The zero-order chi connectivity index (χ0) is 16.1. The first-order valence-corrected chi connectivity index (χ1v) is 8.39. The highest BCUT2D eigenvalue weighted by molar-refractivity contribution is 14.0. The van der Waals surface area contributed by atoms with E-state index in [1.54, 1.807) is 0 Å². The van der Waals surface area contributed by atoms with Gasteiger partial charge in [-0.15, -0.1) is 24.0 Å². The maximum Gasteiger partial charge on any atom is 0.191 e. The van der Waals surface area contributed by atoms with Gasteiger partial charge in [-0.2, -0.15) is 0 Å². The average molecular weight is 445 g/mol. The van der Waals surface area contributed by atoms with Crippen molar-refractivity contribution in [1.29, 1.82) is 0 Å². The van der Waals surface area contributed by atoms with Crippen LogP contribution in [0.5, 0.6) is 0 Å². The molecule has 0 unspecified atom stereocenters. The fourth-order valence-electron chi connectivity index (χ4n) is 3.03. The molecule has 3 rings (SSSR count). The molecule has 0 aliphatic carbocycles. The molecule has 134 valence electrons. The number of rotatable bonds is 4. The highest BCUT2D eigenvalue weighted by Crippen LogP contribution is 2.25. The third-order valence-electron chi connectivity index (χ3n) is 4.62. The summed E-state index contributed by atoms with van der Waals surface area (Å²) >= 11 is 0. The molecule has 0 atom stereocenters. The van der Waals surface area contributed by atoms with E-state index in [0.717, 1.165) is 57.5 Å². The van der Waals surface area contributed by atoms with Crippen LogP contribution in [-0.2, 0) is 4.74 Å². The van der Waals surface area contributed by atoms with Gasteiger partial charge < -0.3 is 20.3 Å². The van der Waals surface area contributed by atoms with Gasteiger partial charge in [-0.1, -0.05) is 13.0 Å². The Kier molecular flexibility index (Phi) is 7.09. The van der Waals surface area contributed by atoms with Crippen LogP contribution >= 0.6 is 24.0 Å². The van der Waals surface area contributed by atoms with Crippen LogP contribution in [0.15, 0.2) is 29.4 Å². The molecule has 0 amide bonds. The van der Waals surface area contributed by atoms with Gasteiger partial charge in [0.25, 0.3) is 0 Å². The highest BCUT2D eigenvalue weighted by Gasteiger charge is 2.33. The molecule has 6 nitrogen and oxygen atoms in total. The molecule has 7 heteroatoms. The van der Waals surface area contributed by atoms with Crippen LogP contribution in [0.2, 0.25) is 0 Å². The van der Waals surface area contributed by atoms with E-state index in [-0.39, 0.29) is 29.4 Å². The average Bonchev–Trinajstić information content (AvgIpc) is 2.58. The minimum Gasteiger partial charge on any atom is -0.380 e. The SMILES string of the molecule is CN=C(NCC1(C)COC1)NC1CCN(c2ccccn2)CC1.I. The molecule has 24 heavy (non-hydrogen) atoms. The molecule has 0 saturated carbocycles. The van der Waals surface area contributed by atoms with Gasteiger partial charge in [-0.05, 0) is 25.0 Å². The molecule has 1 aromatic heterocycles. The lowest BCUT2D eigenvalue weighted by molar-refractivity contribution is -0.0971. The Bertz CT molecular complexity index is 527. The maximum absolute atomic E-state index is 5.30. The third kappa shape index (κ3) is 4.95. The predicted molar refractivity (Wildman–Crippen MR) is 108 cm³/mol. The van der Waals surface area contributed by atoms with Gasteiger partial charge in [0.15, 0.2) is 5.96 Å². The number of pyridine rings is 1. The smallest absolute Gasteiger partial charge is 0.191 e. The molecule has 0 radical (unpaired) electrons. The number of nitrogens with zero attached hydrogens (tertiary/aromatic N) is 3. The minimum absolute atomic E-state index is 0. The van der Waals surface area contributed by atoms with Gasteiger partial charge in [-0.3, -0.25) is 4.99 Å². The zero-order valence-electron chi connectivity index (χ0n) is 14.5. The van der Waals surface area contributed by atoms with Crippen molar-refractivity contribution in [1.82, 2.24) is 15.6 Å². The highest BCUT2D eigenvalue weighted by atomic mass is 127. The van der Waals surface area contributed by atoms with Crippen molar-refractivity contribution in [2.45, 2.75) is 25.8 Å². The largest absolute Gasteiger partial charge is 0.380 e. The van der Waals surface area contributed by atoms with Crippen LogP contribution in [0.1, 0.15) is 19.8 Å². The lowest BCUT2D eigenvalue weighted by atomic mass is 9.89. The van der Waals surface area contributed by atoms with E-state index in [0.29, 0.717) is 6.04 Å². The number of anilines is 1. The van der Waals surface area contributed by atoms with E-state index in [2.05, 4.69) is 38.5 Å². The number of ether oxygens (including phenoxy) is 1. The fourth-order valence-corrected chi connectivity index (χ4v) is 3.03. The Morgan fingerprint density at radius 2 is 2.12 bits per heavy atom. The lowest BCUT2D eigenvalue weighted by Gasteiger charge is -2.39. The van der Waals surface area contributed by atoms with Crippen molar-refractivity contribution in [2.24, 2.45) is 10.4 Å². The van der Waals surface area contributed by atoms with Crippen molar-refractivity contribution >= 4 is 35.8 Å². The summed E-state index contributed by atoms with van der Waals surface area (Å²) in [4.78, 5) is 11.1. The summed E-state index contributed by atoms with van der Waals surface area (Å²) in [6.07, 6.45) is 4.05. The van der Waals surface area contributed by atoms with Crippen LogP contribution in [-0.4, -0.2) is 56.9 Å². The number of hydrogen-bond donors (Lipinski definition) is 2. The van der Waals surface area contributed by atoms with Crippen LogP contribution in [0, 0.1) is 5.41 Å². The van der Waals surface area contributed by atoms with E-state index in [4.69, 9.17) is 4.74 Å². The quantitative estimate of drug-likeness (QED) is 0.421. The Hall–Kier alpha value is -1.09. The van der Waals surface area contributed by atoms with E-state index in [1.807, 2.05) is 25.4 Å². The van der Waals surface area contributed by atoms with Gasteiger partial charge >= 0.3 is 0 Å². The summed E-state index contributed by atoms with van der Waals surface area (Å²) in [6, 6.07) is 6.55. The molecule has 0 bridgehead atoms. The molecule has 3 heterocycles. The van der Waals surface area contributed by atoms with Crippen molar-refractivity contribution in [3.63, 3.8) is 0 Å². The van der Waals surface area contributed by atoms with Crippen molar-refractivity contribution < 1.29 is 4.74 Å². The molecule has 1 aromatic rings. The van der Waals surface area contributed by atoms with Crippen LogP contribution in [0.4, 0.5) is 5.82 Å². The van der Waals surface area contributed by atoms with E-state index >= 15 is 0 Å². The van der Waals surface area contributed by atoms with Gasteiger partial charge in [0.05, 0.1) is 13.2 Å². The summed E-state index contributed by atoms with van der Waals surface area (Å²) in [6.45, 7) is 6.86. The molecule has 0 aromatic carbocycles. The number of aromatic nitrogens is 1. The molecule has 2 saturated heterocycles. The van der Waals surface area contributed by atoms with E-state index in [1.165, 1.54) is 0 Å². The predicted octanol–water partition coefficient (Wildman–Crippen LogP) is 1.87. The maximum atomic E-state index is 5.30. The summed E-state index contributed by atoms with van der Waals surface area (Å²) < 4.78 is 5.30. The summed E-state index contributed by atoms with van der Waals surface area (Å²) in [5.74, 6) is 1.97. The van der Waals surface area contributed by atoms with Crippen LogP contribution in [0.25, 0.3) is 0 Å². The second kappa shape index (κ2) is 8.84. The first-order valence-electron chi connectivity index (χ1n) is 8.39. The molecule has 2 aliphatic rings. The van der Waals surface area contributed by atoms with Gasteiger partial charge in [-0.25, -0.2) is 4.98 Å². The minimum atomic E-state index is 0. The number of guanidine groups is 1. The second-order valence-electron chi connectivity index (χ2n) is 6.82. The normalized spacial score (nSPS) is 20.8. The number of aliphatic imine (C=N–C) groups is 1. The van der Waals surface area contributed by atoms with Crippen LogP contribution < -0.4 is 15.5 Å². The molecule has 2 fully saturated rings. The van der Waals surface area contributed by atoms with Gasteiger partial charge in [0.1, 0.15) is 5.82 Å². The number of hydrogen-bond acceptors (Lipinski definition) is 4. The van der Waals surface area contributed by atoms with E-state index < -0.39 is 0 Å². The summed E-state index contributed by atoms with van der Waals surface area (Å²) in [5, 5.41) is 6.98. The summed E-state index contributed by atoms with van der Waals surface area (Å²) in [7, 11) is 1.83. The molecule has 2 aliphatic heterocycles. The standard InChI is InChI=1S/C17H27N5O.HI/c1-17(12-23-13-17)11-20-16(18-2)21-14-6-9-22(10-7-14)15-5-3-4-8-19-15;/h3-5,8,14H,6-7,9-13H2,1-2H3,(H2,18,20,21);1H. The van der Waals surface area contributed by atoms with Crippen molar-refractivity contribution in [3.05, 3.63) is 24.4 Å². The van der Waals surface area contributed by atoms with Crippen molar-refractivity contribution in [2.75, 3.05) is 44.8 Å². The number of nitrogens with one attached hydrogen (secondary N) is 2. The number of halogens is 1. The zero-order valence-corrected chi connectivity index (χ0v) is 16.8. The Morgan fingerprint density at radius 1 is 1.38 bits per heavy atom. The molecule has 0 spiro atoms. The third-order valence-corrected chi connectivity index (χ3v) is 4.62. The topological polar surface area (TPSA) is 61.8 Å². The van der Waals surface area contributed by atoms with E-state index in [9.17, 15) is 0 Å². The summed E-state index contributed by atoms with van der Waals surface area (Å²) in [5.41, 5.74) is 0.250. The lowest BCUT2D eigenvalue weighted by Crippen LogP contribution is -2.53. The van der Waals surface area contributed by atoms with Crippen LogP contribution in [0.3, 0.4) is 0 Å². The Balaban J connectivity index is 0.00000208. The molecular weight excluding hydrogens is 417 g/mol. The fraction of sp³-hybridized carbons (Fsp3) is 0.647. The first kappa shape index (κ1) is 19.2. The molecular formula is C17H28IN5O. The van der Waals surface area contributed by atoms with Gasteiger partial charge in [0.2, 0.25) is 0 Å². The number of piperidine rings is 1.